The highest BCUT2D eigenvalue weighted by molar-refractivity contribution is 5.99. The molecule has 1 aliphatic heterocycles. The van der Waals surface area contributed by atoms with E-state index >= 15 is 0 Å². The second-order valence-corrected chi connectivity index (χ2v) is 8.13. The molecule has 0 saturated heterocycles. The van der Waals surface area contributed by atoms with Crippen molar-refractivity contribution in [2.24, 2.45) is 0 Å². The first kappa shape index (κ1) is 22.1. The number of amides is 1. The number of aryl methyl sites for hydroxylation is 2. The number of benzene rings is 2. The Bertz CT molecular complexity index is 1270. The van der Waals surface area contributed by atoms with Gasteiger partial charge in [0.25, 0.3) is 5.91 Å². The fourth-order valence-electron chi connectivity index (χ4n) is 4.21. The molecule has 168 valence electrons. The van der Waals surface area contributed by atoms with E-state index in [9.17, 15) is 19.5 Å². The molecule has 0 radical (unpaired) electrons. The average molecular weight is 444 g/mol. The van der Waals surface area contributed by atoms with Gasteiger partial charge < -0.3 is 19.7 Å². The molecular formula is C26H24N2O5. The number of rotatable bonds is 5. The zero-order valence-corrected chi connectivity index (χ0v) is 18.4. The Morgan fingerprint density at radius 2 is 1.45 bits per heavy atom. The van der Waals surface area contributed by atoms with Crippen LogP contribution in [0.25, 0.3) is 11.3 Å². The van der Waals surface area contributed by atoms with Crippen molar-refractivity contribution >= 4 is 23.4 Å². The lowest BCUT2D eigenvalue weighted by Crippen LogP contribution is -2.29. The van der Waals surface area contributed by atoms with Gasteiger partial charge in [0.15, 0.2) is 0 Å². The molecule has 4 rings (SSSR count). The first-order valence-corrected chi connectivity index (χ1v) is 10.6. The normalized spacial score (nSPS) is 13.5. The lowest BCUT2D eigenvalue weighted by molar-refractivity contribution is 0.0686. The van der Waals surface area contributed by atoms with E-state index in [-0.39, 0.29) is 17.0 Å². The lowest BCUT2D eigenvalue weighted by atomic mass is 9.97. The number of hydrogen-bond donors (Lipinski definition) is 2. The molecular weight excluding hydrogens is 420 g/mol. The molecule has 1 aromatic heterocycles. The Labute approximate surface area is 191 Å². The second-order valence-electron chi connectivity index (χ2n) is 8.13. The maximum Gasteiger partial charge on any atom is 0.337 e. The van der Waals surface area contributed by atoms with E-state index in [4.69, 9.17) is 5.11 Å². The summed E-state index contributed by atoms with van der Waals surface area (Å²) >= 11 is 0. The van der Waals surface area contributed by atoms with E-state index in [1.165, 1.54) is 6.07 Å². The fourth-order valence-corrected chi connectivity index (χ4v) is 4.21. The van der Waals surface area contributed by atoms with Crippen LogP contribution in [0, 0.1) is 13.8 Å². The fraction of sp³-hybridized carbons (Fsp3) is 0.192. The molecule has 0 atom stereocenters. The minimum Gasteiger partial charge on any atom is -0.478 e. The molecule has 2 heterocycles. The van der Waals surface area contributed by atoms with Crippen LogP contribution < -0.4 is 0 Å². The van der Waals surface area contributed by atoms with E-state index < -0.39 is 11.9 Å². The second kappa shape index (κ2) is 8.78. The Morgan fingerprint density at radius 3 is 2.06 bits per heavy atom. The summed E-state index contributed by atoms with van der Waals surface area (Å²) in [5.74, 6) is -2.25. The predicted molar refractivity (Wildman–Crippen MR) is 124 cm³/mol. The maximum atomic E-state index is 13.3. The molecule has 0 aliphatic carbocycles. The first-order valence-electron chi connectivity index (χ1n) is 10.6. The topological polar surface area (TPSA) is 99.8 Å². The number of carboxylic acids is 2. The quantitative estimate of drug-likeness (QED) is 0.591. The van der Waals surface area contributed by atoms with Crippen LogP contribution in [0.2, 0.25) is 0 Å². The van der Waals surface area contributed by atoms with Crippen LogP contribution in [0.4, 0.5) is 0 Å². The highest BCUT2D eigenvalue weighted by atomic mass is 16.4. The van der Waals surface area contributed by atoms with E-state index in [1.54, 1.807) is 47.5 Å². The number of carbonyl (C=O) groups excluding carboxylic acids is 1. The lowest BCUT2D eigenvalue weighted by Gasteiger charge is -2.26. The average Bonchev–Trinajstić information content (AvgIpc) is 3.15. The third kappa shape index (κ3) is 4.30. The highest BCUT2D eigenvalue weighted by Gasteiger charge is 2.22. The Kier molecular flexibility index (Phi) is 5.87. The molecule has 2 aromatic carbocycles. The summed E-state index contributed by atoms with van der Waals surface area (Å²) < 4.78 is 1.84. The number of carbonyl (C=O) groups is 3. The number of aromatic nitrogens is 1. The zero-order valence-electron chi connectivity index (χ0n) is 18.4. The molecule has 1 aliphatic rings. The smallest absolute Gasteiger partial charge is 0.337 e. The Morgan fingerprint density at radius 1 is 0.818 bits per heavy atom. The molecule has 0 saturated carbocycles. The van der Waals surface area contributed by atoms with Crippen LogP contribution in [0.1, 0.15) is 60.9 Å². The summed E-state index contributed by atoms with van der Waals surface area (Å²) in [7, 11) is 0. The molecule has 33 heavy (non-hydrogen) atoms. The Hall–Kier alpha value is -4.13. The van der Waals surface area contributed by atoms with Gasteiger partial charge >= 0.3 is 11.9 Å². The van der Waals surface area contributed by atoms with E-state index in [2.05, 4.69) is 0 Å². The van der Waals surface area contributed by atoms with Crippen molar-refractivity contribution < 1.29 is 24.6 Å². The van der Waals surface area contributed by atoms with Gasteiger partial charge in [-0.3, -0.25) is 4.79 Å². The van der Waals surface area contributed by atoms with Crippen molar-refractivity contribution in [1.82, 2.24) is 9.47 Å². The van der Waals surface area contributed by atoms with Crippen LogP contribution in [-0.2, 0) is 0 Å². The molecule has 7 heteroatoms. The van der Waals surface area contributed by atoms with Gasteiger partial charge in [0, 0.05) is 29.7 Å². The summed E-state index contributed by atoms with van der Waals surface area (Å²) in [6.07, 6.45) is 3.36. The minimum atomic E-state index is -1.05. The molecule has 2 N–H and O–H groups in total. The van der Waals surface area contributed by atoms with Crippen LogP contribution in [-0.4, -0.2) is 44.1 Å². The summed E-state index contributed by atoms with van der Waals surface area (Å²) in [6.45, 7) is 4.33. The van der Waals surface area contributed by atoms with Crippen molar-refractivity contribution in [2.45, 2.75) is 26.7 Å². The summed E-state index contributed by atoms with van der Waals surface area (Å²) in [4.78, 5) is 37.9. The van der Waals surface area contributed by atoms with Gasteiger partial charge in [-0.1, -0.05) is 12.1 Å². The molecule has 0 spiro atoms. The summed E-state index contributed by atoms with van der Waals surface area (Å²) in [6, 6.07) is 15.1. The zero-order chi connectivity index (χ0) is 23.7. The van der Waals surface area contributed by atoms with Crippen molar-refractivity contribution in [3.63, 3.8) is 0 Å². The van der Waals surface area contributed by atoms with Gasteiger partial charge in [-0.2, -0.15) is 0 Å². The largest absolute Gasteiger partial charge is 0.478 e. The van der Waals surface area contributed by atoms with Crippen molar-refractivity contribution in [1.29, 1.82) is 0 Å². The number of allylic oxidation sites excluding steroid dienone is 1. The predicted octanol–water partition coefficient (Wildman–Crippen LogP) is 4.77. The van der Waals surface area contributed by atoms with E-state index in [0.717, 1.165) is 35.4 Å². The maximum absolute atomic E-state index is 13.3. The van der Waals surface area contributed by atoms with Crippen molar-refractivity contribution in [3.05, 3.63) is 94.4 Å². The van der Waals surface area contributed by atoms with Gasteiger partial charge in [0.05, 0.1) is 16.8 Å². The Balaban J connectivity index is 1.69. The molecule has 0 bridgehead atoms. The van der Waals surface area contributed by atoms with E-state index in [0.29, 0.717) is 17.8 Å². The molecule has 0 fully saturated rings. The minimum absolute atomic E-state index is 0.127. The number of carboxylic acid groups (broad SMARTS) is 2. The van der Waals surface area contributed by atoms with Gasteiger partial charge in [-0.25, -0.2) is 9.59 Å². The first-order chi connectivity index (χ1) is 15.8. The number of hydrogen-bond acceptors (Lipinski definition) is 3. The number of aromatic carboxylic acids is 2. The van der Waals surface area contributed by atoms with Gasteiger partial charge in [-0.05, 0) is 80.3 Å². The highest BCUT2D eigenvalue weighted by Crippen LogP contribution is 2.28. The SMILES string of the molecule is Cc1ccc(C)n1-c1cc(C(=O)N2C=C(c3ccc(C(=O)O)cc3)CCC2)ccc1C(=O)O. The third-order valence-electron chi connectivity index (χ3n) is 5.91. The summed E-state index contributed by atoms with van der Waals surface area (Å²) in [5.41, 5.74) is 4.78. The van der Waals surface area contributed by atoms with Crippen molar-refractivity contribution in [2.75, 3.05) is 6.54 Å². The van der Waals surface area contributed by atoms with Crippen LogP contribution in [0.5, 0.6) is 0 Å². The van der Waals surface area contributed by atoms with Gasteiger partial charge in [-0.15, -0.1) is 0 Å². The molecule has 7 nitrogen and oxygen atoms in total. The third-order valence-corrected chi connectivity index (χ3v) is 5.91. The van der Waals surface area contributed by atoms with Crippen LogP contribution >= 0.6 is 0 Å². The van der Waals surface area contributed by atoms with Crippen LogP contribution in [0.3, 0.4) is 0 Å². The van der Waals surface area contributed by atoms with Gasteiger partial charge in [0.1, 0.15) is 0 Å². The molecule has 3 aromatic rings. The van der Waals surface area contributed by atoms with Gasteiger partial charge in [0.2, 0.25) is 0 Å². The molecule has 1 amide bonds. The summed E-state index contributed by atoms with van der Waals surface area (Å²) in [5, 5.41) is 18.8. The van der Waals surface area contributed by atoms with E-state index in [1.807, 2.05) is 30.5 Å². The van der Waals surface area contributed by atoms with Crippen molar-refractivity contribution in [3.8, 4) is 5.69 Å². The van der Waals surface area contributed by atoms with Crippen LogP contribution in [0.15, 0.2) is 60.8 Å². The standard InChI is InChI=1S/C26H24N2O5/c1-16-5-6-17(2)28(16)23-14-20(11-12-22(23)26(32)33)24(29)27-13-3-4-21(15-27)18-7-9-19(10-8-18)25(30)31/h5-12,14-15H,3-4,13H2,1-2H3,(H,30,31)(H,32,33). The molecule has 0 unspecified atom stereocenters. The monoisotopic (exact) mass is 444 g/mol. The number of nitrogens with zero attached hydrogens (tertiary/aromatic N) is 2.